The Bertz CT molecular complexity index is 919. The van der Waals surface area contributed by atoms with E-state index < -0.39 is 10.0 Å². The first kappa shape index (κ1) is 20.6. The lowest BCUT2D eigenvalue weighted by Gasteiger charge is -2.34. The summed E-state index contributed by atoms with van der Waals surface area (Å²) in [6.45, 7) is 8.02. The van der Waals surface area contributed by atoms with Gasteiger partial charge < -0.3 is 14.5 Å². The molecule has 152 valence electrons. The molecule has 0 aromatic heterocycles. The molecule has 1 aliphatic heterocycles. The Morgan fingerprint density at radius 1 is 1.00 bits per heavy atom. The maximum atomic E-state index is 12.8. The van der Waals surface area contributed by atoms with Gasteiger partial charge in [-0.3, -0.25) is 0 Å². The van der Waals surface area contributed by atoms with Gasteiger partial charge in [0.05, 0.1) is 12.0 Å². The lowest BCUT2D eigenvalue weighted by atomic mass is 10.1. The standard InChI is InChI=1S/C21H29N3O3S/c1-16-14-21(17(2)13-20(16)27-4)28(25,26)22-15-18-5-7-19(8-6-18)24-11-9-23(3)10-12-24/h5-8,13-14,22H,9-12,15H2,1-4H3. The highest BCUT2D eigenvalue weighted by atomic mass is 32.2. The SMILES string of the molecule is COc1cc(C)c(S(=O)(=O)NCc2ccc(N3CCN(C)CC3)cc2)cc1C. The summed E-state index contributed by atoms with van der Waals surface area (Å²) >= 11 is 0. The molecule has 1 N–H and O–H groups in total. The van der Waals surface area contributed by atoms with Crippen molar-refractivity contribution in [3.05, 3.63) is 53.1 Å². The Morgan fingerprint density at radius 3 is 2.25 bits per heavy atom. The summed E-state index contributed by atoms with van der Waals surface area (Å²) in [6, 6.07) is 11.5. The number of nitrogens with zero attached hydrogens (tertiary/aromatic N) is 2. The van der Waals surface area contributed by atoms with E-state index in [0.29, 0.717) is 16.2 Å². The van der Waals surface area contributed by atoms with Crippen LogP contribution in [-0.2, 0) is 16.6 Å². The number of anilines is 1. The molecule has 0 unspecified atom stereocenters. The lowest BCUT2D eigenvalue weighted by molar-refractivity contribution is 0.313. The van der Waals surface area contributed by atoms with Gasteiger partial charge in [-0.2, -0.15) is 0 Å². The fraction of sp³-hybridized carbons (Fsp3) is 0.429. The number of hydrogen-bond donors (Lipinski definition) is 1. The maximum absolute atomic E-state index is 12.8. The van der Waals surface area contributed by atoms with Crippen LogP contribution in [0.2, 0.25) is 0 Å². The van der Waals surface area contributed by atoms with Crippen LogP contribution in [0.25, 0.3) is 0 Å². The molecule has 7 heteroatoms. The first-order chi connectivity index (χ1) is 13.3. The van der Waals surface area contributed by atoms with Gasteiger partial charge in [-0.15, -0.1) is 0 Å². The third-order valence-corrected chi connectivity index (χ3v) is 6.80. The average molecular weight is 404 g/mol. The highest BCUT2D eigenvalue weighted by molar-refractivity contribution is 7.89. The summed E-state index contributed by atoms with van der Waals surface area (Å²) in [7, 11) is 0.126. The molecule has 1 saturated heterocycles. The van der Waals surface area contributed by atoms with Crippen LogP contribution < -0.4 is 14.4 Å². The number of methoxy groups -OCH3 is 1. The van der Waals surface area contributed by atoms with Crippen LogP contribution >= 0.6 is 0 Å². The molecule has 1 heterocycles. The lowest BCUT2D eigenvalue weighted by Crippen LogP contribution is -2.44. The van der Waals surface area contributed by atoms with Crippen molar-refractivity contribution in [2.45, 2.75) is 25.3 Å². The van der Waals surface area contributed by atoms with E-state index in [1.807, 2.05) is 19.1 Å². The smallest absolute Gasteiger partial charge is 0.241 e. The van der Waals surface area contributed by atoms with Crippen molar-refractivity contribution in [1.82, 2.24) is 9.62 Å². The molecule has 0 amide bonds. The second kappa shape index (κ2) is 8.51. The van der Waals surface area contributed by atoms with E-state index >= 15 is 0 Å². The molecule has 0 aliphatic carbocycles. The summed E-state index contributed by atoms with van der Waals surface area (Å²) < 4.78 is 33.5. The Kier molecular flexibility index (Phi) is 6.27. The van der Waals surface area contributed by atoms with Crippen molar-refractivity contribution < 1.29 is 13.2 Å². The molecule has 6 nitrogen and oxygen atoms in total. The molecule has 0 spiro atoms. The van der Waals surface area contributed by atoms with Crippen molar-refractivity contribution in [3.8, 4) is 5.75 Å². The fourth-order valence-electron chi connectivity index (χ4n) is 3.42. The molecule has 0 saturated carbocycles. The van der Waals surface area contributed by atoms with E-state index in [1.54, 1.807) is 26.2 Å². The predicted molar refractivity (Wildman–Crippen MR) is 113 cm³/mol. The van der Waals surface area contributed by atoms with Crippen molar-refractivity contribution in [2.24, 2.45) is 0 Å². The van der Waals surface area contributed by atoms with Gasteiger partial charge in [0.15, 0.2) is 0 Å². The molecule has 0 bridgehead atoms. The van der Waals surface area contributed by atoms with Gasteiger partial charge in [0.1, 0.15) is 5.75 Å². The second-order valence-electron chi connectivity index (χ2n) is 7.37. The van der Waals surface area contributed by atoms with Crippen molar-refractivity contribution >= 4 is 15.7 Å². The van der Waals surface area contributed by atoms with Crippen molar-refractivity contribution in [2.75, 3.05) is 45.2 Å². The number of piperazine rings is 1. The first-order valence-corrected chi connectivity index (χ1v) is 11.0. The van der Waals surface area contributed by atoms with E-state index in [0.717, 1.165) is 37.3 Å². The number of ether oxygens (including phenoxy) is 1. The summed E-state index contributed by atoms with van der Waals surface area (Å²) in [6.07, 6.45) is 0. The van der Waals surface area contributed by atoms with Crippen molar-refractivity contribution in [1.29, 1.82) is 0 Å². The van der Waals surface area contributed by atoms with Crippen LogP contribution in [0.5, 0.6) is 5.75 Å². The highest BCUT2D eigenvalue weighted by Crippen LogP contribution is 2.25. The number of hydrogen-bond acceptors (Lipinski definition) is 5. The van der Waals surface area contributed by atoms with Crippen LogP contribution in [0.15, 0.2) is 41.3 Å². The number of rotatable bonds is 6. The fourth-order valence-corrected chi connectivity index (χ4v) is 4.74. The maximum Gasteiger partial charge on any atom is 0.241 e. The monoisotopic (exact) mass is 403 g/mol. The molecule has 0 radical (unpaired) electrons. The number of aryl methyl sites for hydroxylation is 2. The Morgan fingerprint density at radius 2 is 1.64 bits per heavy atom. The van der Waals surface area contributed by atoms with Gasteiger partial charge in [0, 0.05) is 38.4 Å². The van der Waals surface area contributed by atoms with Gasteiger partial charge in [-0.25, -0.2) is 13.1 Å². The molecule has 28 heavy (non-hydrogen) atoms. The van der Waals surface area contributed by atoms with Crippen LogP contribution in [0.4, 0.5) is 5.69 Å². The highest BCUT2D eigenvalue weighted by Gasteiger charge is 2.19. The van der Waals surface area contributed by atoms with Crippen LogP contribution in [-0.4, -0.2) is 53.7 Å². The zero-order valence-electron chi connectivity index (χ0n) is 17.0. The van der Waals surface area contributed by atoms with E-state index in [1.165, 1.54) is 5.69 Å². The van der Waals surface area contributed by atoms with Crippen molar-refractivity contribution in [3.63, 3.8) is 0 Å². The zero-order valence-corrected chi connectivity index (χ0v) is 17.8. The number of benzene rings is 2. The molecule has 2 aromatic carbocycles. The third kappa shape index (κ3) is 4.66. The minimum absolute atomic E-state index is 0.260. The van der Waals surface area contributed by atoms with Gasteiger partial charge >= 0.3 is 0 Å². The summed E-state index contributed by atoms with van der Waals surface area (Å²) in [5.74, 6) is 0.691. The Balaban J connectivity index is 1.67. The summed E-state index contributed by atoms with van der Waals surface area (Å²) in [5, 5.41) is 0. The molecular formula is C21H29N3O3S. The molecular weight excluding hydrogens is 374 g/mol. The Hall–Kier alpha value is -2.09. The minimum atomic E-state index is -3.59. The minimum Gasteiger partial charge on any atom is -0.496 e. The normalized spacial score (nSPS) is 15.6. The largest absolute Gasteiger partial charge is 0.496 e. The molecule has 1 fully saturated rings. The van der Waals surface area contributed by atoms with Gasteiger partial charge in [-0.05, 0) is 61.9 Å². The van der Waals surface area contributed by atoms with Gasteiger partial charge in [0.25, 0.3) is 0 Å². The van der Waals surface area contributed by atoms with E-state index in [9.17, 15) is 8.42 Å². The predicted octanol–water partition coefficient (Wildman–Crippen LogP) is 2.54. The zero-order chi connectivity index (χ0) is 20.3. The van der Waals surface area contributed by atoms with Crippen LogP contribution in [0, 0.1) is 13.8 Å². The summed E-state index contributed by atoms with van der Waals surface area (Å²) in [5.41, 5.74) is 3.58. The second-order valence-corrected chi connectivity index (χ2v) is 9.10. The number of nitrogens with one attached hydrogen (secondary N) is 1. The summed E-state index contributed by atoms with van der Waals surface area (Å²) in [4.78, 5) is 4.97. The van der Waals surface area contributed by atoms with E-state index in [4.69, 9.17) is 4.74 Å². The number of sulfonamides is 1. The first-order valence-electron chi connectivity index (χ1n) is 9.47. The number of likely N-dealkylation sites (N-methyl/N-ethyl adjacent to an activating group) is 1. The van der Waals surface area contributed by atoms with Crippen LogP contribution in [0.3, 0.4) is 0 Å². The van der Waals surface area contributed by atoms with Gasteiger partial charge in [0.2, 0.25) is 10.0 Å². The van der Waals surface area contributed by atoms with E-state index in [2.05, 4.69) is 33.7 Å². The quantitative estimate of drug-likeness (QED) is 0.803. The van der Waals surface area contributed by atoms with E-state index in [-0.39, 0.29) is 6.54 Å². The average Bonchev–Trinajstić information content (AvgIpc) is 2.69. The molecule has 1 aliphatic rings. The molecule has 0 atom stereocenters. The van der Waals surface area contributed by atoms with Crippen LogP contribution in [0.1, 0.15) is 16.7 Å². The Labute approximate surface area is 168 Å². The third-order valence-electron chi connectivity index (χ3n) is 5.25. The topological polar surface area (TPSA) is 61.9 Å². The molecule has 2 aromatic rings. The van der Waals surface area contributed by atoms with Gasteiger partial charge in [-0.1, -0.05) is 12.1 Å². The molecule has 3 rings (SSSR count).